The molecule has 152 valence electrons. The fourth-order valence-electron chi connectivity index (χ4n) is 3.00. The Morgan fingerprint density at radius 3 is 2.24 bits per heavy atom. The molecule has 3 rings (SSSR count). The zero-order valence-electron chi connectivity index (χ0n) is 16.6. The van der Waals surface area contributed by atoms with Crippen molar-refractivity contribution in [1.82, 2.24) is 5.32 Å². The summed E-state index contributed by atoms with van der Waals surface area (Å²) in [6.45, 7) is 1.97. The van der Waals surface area contributed by atoms with Gasteiger partial charge in [-0.3, -0.25) is 4.79 Å². The van der Waals surface area contributed by atoms with Crippen molar-refractivity contribution in [1.29, 1.82) is 0 Å². The average Bonchev–Trinajstić information content (AvgIpc) is 3.23. The van der Waals surface area contributed by atoms with Gasteiger partial charge < -0.3 is 19.5 Å². The standard InChI is InChI=1S/C22H22BrNO4S/c1-13(14-5-7-15(23)8-6-14)24-22(25)19-12-11-18(29-19)16-9-10-17(26-2)21(28-4)20(16)27-3/h5-13H,1-4H3,(H,24,25)/t13-/m0/s1. The highest BCUT2D eigenvalue weighted by Gasteiger charge is 2.20. The smallest absolute Gasteiger partial charge is 0.261 e. The second-order valence-electron chi connectivity index (χ2n) is 6.29. The van der Waals surface area contributed by atoms with Crippen molar-refractivity contribution in [2.75, 3.05) is 21.3 Å². The van der Waals surface area contributed by atoms with Crippen molar-refractivity contribution in [2.24, 2.45) is 0 Å². The molecular formula is C22H22BrNO4S. The van der Waals surface area contributed by atoms with Crippen LogP contribution in [0.1, 0.15) is 28.2 Å². The molecule has 1 N–H and O–H groups in total. The Hall–Kier alpha value is -2.51. The van der Waals surface area contributed by atoms with Crippen molar-refractivity contribution in [3.8, 4) is 27.7 Å². The minimum absolute atomic E-state index is 0.100. The van der Waals surface area contributed by atoms with E-state index in [1.54, 1.807) is 21.3 Å². The van der Waals surface area contributed by atoms with Gasteiger partial charge in [0.1, 0.15) is 0 Å². The quantitative estimate of drug-likeness (QED) is 0.476. The molecule has 5 nitrogen and oxygen atoms in total. The van der Waals surface area contributed by atoms with E-state index < -0.39 is 0 Å². The molecule has 0 aliphatic heterocycles. The number of halogens is 1. The second-order valence-corrected chi connectivity index (χ2v) is 8.29. The minimum Gasteiger partial charge on any atom is -0.493 e. The molecule has 0 bridgehead atoms. The SMILES string of the molecule is COc1ccc(-c2ccc(C(=O)N[C@@H](C)c3ccc(Br)cc3)s2)c(OC)c1OC. The third-order valence-corrected chi connectivity index (χ3v) is 6.16. The van der Waals surface area contributed by atoms with Crippen LogP contribution in [-0.4, -0.2) is 27.2 Å². The van der Waals surface area contributed by atoms with E-state index in [0.717, 1.165) is 20.5 Å². The molecule has 29 heavy (non-hydrogen) atoms. The van der Waals surface area contributed by atoms with Gasteiger partial charge in [-0.25, -0.2) is 0 Å². The maximum atomic E-state index is 12.7. The van der Waals surface area contributed by atoms with Gasteiger partial charge in [0.15, 0.2) is 11.5 Å². The largest absolute Gasteiger partial charge is 0.493 e. The number of carbonyl (C=O) groups is 1. The van der Waals surface area contributed by atoms with Gasteiger partial charge in [0.2, 0.25) is 5.75 Å². The predicted molar refractivity (Wildman–Crippen MR) is 119 cm³/mol. The number of rotatable bonds is 7. The van der Waals surface area contributed by atoms with Crippen LogP contribution >= 0.6 is 27.3 Å². The number of amides is 1. The molecule has 0 unspecified atom stereocenters. The molecule has 0 aliphatic carbocycles. The molecule has 1 atom stereocenters. The van der Waals surface area contributed by atoms with Crippen LogP contribution in [-0.2, 0) is 0 Å². The Balaban J connectivity index is 1.83. The first-order chi connectivity index (χ1) is 14.0. The van der Waals surface area contributed by atoms with E-state index in [-0.39, 0.29) is 11.9 Å². The van der Waals surface area contributed by atoms with Crippen LogP contribution in [0.5, 0.6) is 17.2 Å². The van der Waals surface area contributed by atoms with Crippen LogP contribution in [0.3, 0.4) is 0 Å². The molecule has 0 fully saturated rings. The van der Waals surface area contributed by atoms with Gasteiger partial charge in [-0.1, -0.05) is 28.1 Å². The summed E-state index contributed by atoms with van der Waals surface area (Å²) >= 11 is 4.83. The summed E-state index contributed by atoms with van der Waals surface area (Å²) in [4.78, 5) is 14.3. The molecule has 1 amide bonds. The number of hydrogen-bond donors (Lipinski definition) is 1. The Bertz CT molecular complexity index is 1000. The number of hydrogen-bond acceptors (Lipinski definition) is 5. The zero-order chi connectivity index (χ0) is 21.0. The van der Waals surface area contributed by atoms with E-state index in [2.05, 4.69) is 21.2 Å². The number of thiophene rings is 1. The lowest BCUT2D eigenvalue weighted by Crippen LogP contribution is -2.25. The lowest BCUT2D eigenvalue weighted by Gasteiger charge is -2.15. The maximum Gasteiger partial charge on any atom is 0.261 e. The maximum absolute atomic E-state index is 12.7. The van der Waals surface area contributed by atoms with E-state index in [1.165, 1.54) is 11.3 Å². The number of ether oxygens (including phenoxy) is 3. The summed E-state index contributed by atoms with van der Waals surface area (Å²) in [7, 11) is 4.74. The topological polar surface area (TPSA) is 56.8 Å². The van der Waals surface area contributed by atoms with Crippen molar-refractivity contribution in [3.05, 3.63) is 63.4 Å². The van der Waals surface area contributed by atoms with Crippen LogP contribution in [0.15, 0.2) is 53.0 Å². The third kappa shape index (κ3) is 4.57. The highest BCUT2D eigenvalue weighted by Crippen LogP contribution is 2.45. The second kappa shape index (κ2) is 9.33. The highest BCUT2D eigenvalue weighted by atomic mass is 79.9. The molecule has 0 saturated heterocycles. The number of methoxy groups -OCH3 is 3. The monoisotopic (exact) mass is 475 g/mol. The van der Waals surface area contributed by atoms with E-state index in [9.17, 15) is 4.79 Å². The summed E-state index contributed by atoms with van der Waals surface area (Å²) in [6.07, 6.45) is 0. The van der Waals surface area contributed by atoms with Crippen LogP contribution in [0, 0.1) is 0 Å². The first kappa shape index (κ1) is 21.2. The van der Waals surface area contributed by atoms with E-state index in [4.69, 9.17) is 14.2 Å². The van der Waals surface area contributed by atoms with Crippen LogP contribution < -0.4 is 19.5 Å². The lowest BCUT2D eigenvalue weighted by molar-refractivity contribution is 0.0944. The highest BCUT2D eigenvalue weighted by molar-refractivity contribution is 9.10. The molecule has 2 aromatic carbocycles. The van der Waals surface area contributed by atoms with E-state index in [1.807, 2.05) is 55.5 Å². The molecule has 0 spiro atoms. The van der Waals surface area contributed by atoms with Crippen LogP contribution in [0.2, 0.25) is 0 Å². The van der Waals surface area contributed by atoms with Gasteiger partial charge in [-0.05, 0) is 48.9 Å². The molecule has 3 aromatic rings. The number of carbonyl (C=O) groups excluding carboxylic acids is 1. The van der Waals surface area contributed by atoms with Crippen LogP contribution in [0.4, 0.5) is 0 Å². The predicted octanol–water partition coefficient (Wildman–Crippen LogP) is 5.69. The van der Waals surface area contributed by atoms with Gasteiger partial charge in [-0.2, -0.15) is 0 Å². The Kier molecular flexibility index (Phi) is 6.82. The molecule has 0 saturated carbocycles. The first-order valence-electron chi connectivity index (χ1n) is 8.94. The summed E-state index contributed by atoms with van der Waals surface area (Å²) in [5.41, 5.74) is 1.88. The minimum atomic E-state index is -0.115. The fraction of sp³-hybridized carbons (Fsp3) is 0.227. The van der Waals surface area contributed by atoms with Crippen molar-refractivity contribution in [2.45, 2.75) is 13.0 Å². The molecule has 1 aromatic heterocycles. The molecule has 0 aliphatic rings. The van der Waals surface area contributed by atoms with Gasteiger partial charge in [0, 0.05) is 14.9 Å². The summed E-state index contributed by atoms with van der Waals surface area (Å²) in [5, 5.41) is 3.05. The average molecular weight is 476 g/mol. The van der Waals surface area contributed by atoms with Crippen LogP contribution in [0.25, 0.3) is 10.4 Å². The van der Waals surface area contributed by atoms with E-state index in [0.29, 0.717) is 22.1 Å². The fourth-order valence-corrected chi connectivity index (χ4v) is 4.20. The molecule has 0 radical (unpaired) electrons. The Labute approximate surface area is 182 Å². The Morgan fingerprint density at radius 2 is 1.62 bits per heavy atom. The van der Waals surface area contributed by atoms with Gasteiger partial charge in [0.25, 0.3) is 5.91 Å². The number of benzene rings is 2. The van der Waals surface area contributed by atoms with Crippen molar-refractivity contribution >= 4 is 33.2 Å². The third-order valence-electron chi connectivity index (χ3n) is 4.52. The lowest BCUT2D eigenvalue weighted by atomic mass is 10.1. The molecule has 7 heteroatoms. The normalized spacial score (nSPS) is 11.6. The van der Waals surface area contributed by atoms with Gasteiger partial charge in [0.05, 0.1) is 32.2 Å². The van der Waals surface area contributed by atoms with Crippen molar-refractivity contribution < 1.29 is 19.0 Å². The molecule has 1 heterocycles. The van der Waals surface area contributed by atoms with E-state index >= 15 is 0 Å². The van der Waals surface area contributed by atoms with Gasteiger partial charge in [-0.15, -0.1) is 11.3 Å². The first-order valence-corrected chi connectivity index (χ1v) is 10.5. The Morgan fingerprint density at radius 1 is 0.931 bits per heavy atom. The zero-order valence-corrected chi connectivity index (χ0v) is 19.0. The summed E-state index contributed by atoms with van der Waals surface area (Å²) < 4.78 is 17.4. The van der Waals surface area contributed by atoms with Gasteiger partial charge >= 0.3 is 0 Å². The summed E-state index contributed by atoms with van der Waals surface area (Å²) in [5.74, 6) is 1.57. The summed E-state index contributed by atoms with van der Waals surface area (Å²) in [6, 6.07) is 15.3. The van der Waals surface area contributed by atoms with Crippen molar-refractivity contribution in [3.63, 3.8) is 0 Å². The number of nitrogens with one attached hydrogen (secondary N) is 1. The molecular weight excluding hydrogens is 454 g/mol.